The van der Waals surface area contributed by atoms with Crippen LogP contribution in [0.2, 0.25) is 0 Å². The molecule has 0 aliphatic carbocycles. The molecule has 0 radical (unpaired) electrons. The Morgan fingerprint density at radius 2 is 2.50 bits per heavy atom. The van der Waals surface area contributed by atoms with Gasteiger partial charge in [0.2, 0.25) is 5.91 Å². The summed E-state index contributed by atoms with van der Waals surface area (Å²) in [5.41, 5.74) is 0. The van der Waals surface area contributed by atoms with Gasteiger partial charge in [0.15, 0.2) is 0 Å². The normalized spacial score (nSPS) is 22.8. The molecule has 0 aromatic heterocycles. The average molecular weight is 262 g/mol. The minimum absolute atomic E-state index is 0.195. The highest BCUT2D eigenvalue weighted by Gasteiger charge is 2.18. The predicted molar refractivity (Wildman–Crippen MR) is 74.3 cm³/mol. The molecule has 1 heterocycles. The van der Waals surface area contributed by atoms with Crippen LogP contribution in [0.4, 0.5) is 0 Å². The van der Waals surface area contributed by atoms with Crippen molar-refractivity contribution in [2.75, 3.05) is 30.1 Å². The molecule has 1 amide bonds. The van der Waals surface area contributed by atoms with Crippen LogP contribution in [-0.2, 0) is 4.79 Å². The van der Waals surface area contributed by atoms with Crippen molar-refractivity contribution < 1.29 is 4.79 Å². The van der Waals surface area contributed by atoms with Crippen molar-refractivity contribution in [3.05, 3.63) is 0 Å². The maximum atomic E-state index is 11.8. The standard InChI is InChI=1S/C11H22N2OS2/c1-3-9(7-15-2)13-11(14)6-10-8-16-5-4-12-10/h9-10,12H,3-8H2,1-2H3,(H,13,14). The molecule has 0 saturated carbocycles. The van der Waals surface area contributed by atoms with Gasteiger partial charge in [0.05, 0.1) is 0 Å². The fraction of sp³-hybridized carbons (Fsp3) is 0.909. The molecular weight excluding hydrogens is 240 g/mol. The Kier molecular flexibility index (Phi) is 7.32. The van der Waals surface area contributed by atoms with E-state index in [1.54, 1.807) is 11.8 Å². The first-order valence-corrected chi connectivity index (χ1v) is 8.40. The van der Waals surface area contributed by atoms with Crippen molar-refractivity contribution in [2.24, 2.45) is 0 Å². The molecule has 2 atom stereocenters. The second-order valence-electron chi connectivity index (χ2n) is 4.06. The molecule has 1 fully saturated rings. The van der Waals surface area contributed by atoms with E-state index in [4.69, 9.17) is 0 Å². The van der Waals surface area contributed by atoms with Crippen LogP contribution < -0.4 is 10.6 Å². The SMILES string of the molecule is CCC(CSC)NC(=O)CC1CSCCN1. The number of hydrogen-bond acceptors (Lipinski definition) is 4. The Balaban J connectivity index is 2.22. The van der Waals surface area contributed by atoms with Crippen molar-refractivity contribution in [1.82, 2.24) is 10.6 Å². The second kappa shape index (κ2) is 8.25. The van der Waals surface area contributed by atoms with Crippen molar-refractivity contribution in [1.29, 1.82) is 0 Å². The zero-order valence-electron chi connectivity index (χ0n) is 10.1. The highest BCUT2D eigenvalue weighted by Crippen LogP contribution is 2.10. The van der Waals surface area contributed by atoms with Gasteiger partial charge in [-0.25, -0.2) is 0 Å². The quantitative estimate of drug-likeness (QED) is 0.758. The largest absolute Gasteiger partial charge is 0.353 e. The van der Waals surface area contributed by atoms with Gasteiger partial charge in [-0.3, -0.25) is 4.79 Å². The van der Waals surface area contributed by atoms with E-state index in [-0.39, 0.29) is 5.91 Å². The Bertz CT molecular complexity index is 199. The Labute approximate surface area is 107 Å². The summed E-state index contributed by atoms with van der Waals surface area (Å²) < 4.78 is 0. The molecule has 0 bridgehead atoms. The zero-order valence-corrected chi connectivity index (χ0v) is 11.8. The van der Waals surface area contributed by atoms with Gasteiger partial charge in [-0.1, -0.05) is 6.92 Å². The monoisotopic (exact) mass is 262 g/mol. The van der Waals surface area contributed by atoms with E-state index in [9.17, 15) is 4.79 Å². The van der Waals surface area contributed by atoms with Crippen molar-refractivity contribution in [3.63, 3.8) is 0 Å². The molecule has 0 aromatic carbocycles. The van der Waals surface area contributed by atoms with Gasteiger partial charge < -0.3 is 10.6 Å². The van der Waals surface area contributed by atoms with Gasteiger partial charge in [0.25, 0.3) is 0 Å². The molecule has 1 aliphatic heterocycles. The summed E-state index contributed by atoms with van der Waals surface area (Å²) >= 11 is 3.72. The zero-order chi connectivity index (χ0) is 11.8. The van der Waals surface area contributed by atoms with Crippen molar-refractivity contribution in [2.45, 2.75) is 31.8 Å². The van der Waals surface area contributed by atoms with E-state index in [2.05, 4.69) is 23.8 Å². The van der Waals surface area contributed by atoms with Crippen LogP contribution in [0.25, 0.3) is 0 Å². The molecule has 2 unspecified atom stereocenters. The minimum Gasteiger partial charge on any atom is -0.353 e. The summed E-state index contributed by atoms with van der Waals surface area (Å²) in [7, 11) is 0. The van der Waals surface area contributed by atoms with Gasteiger partial charge in [-0.05, 0) is 12.7 Å². The first-order valence-electron chi connectivity index (χ1n) is 5.85. The van der Waals surface area contributed by atoms with Crippen molar-refractivity contribution >= 4 is 29.4 Å². The Hall–Kier alpha value is 0.130. The third kappa shape index (κ3) is 5.46. The van der Waals surface area contributed by atoms with Gasteiger partial charge in [0.1, 0.15) is 0 Å². The molecule has 94 valence electrons. The highest BCUT2D eigenvalue weighted by atomic mass is 32.2. The number of carbonyl (C=O) groups excluding carboxylic acids is 1. The highest BCUT2D eigenvalue weighted by molar-refractivity contribution is 7.99. The third-order valence-electron chi connectivity index (χ3n) is 2.66. The fourth-order valence-electron chi connectivity index (χ4n) is 1.72. The molecule has 16 heavy (non-hydrogen) atoms. The number of carbonyl (C=O) groups is 1. The van der Waals surface area contributed by atoms with E-state index < -0.39 is 0 Å². The topological polar surface area (TPSA) is 41.1 Å². The van der Waals surface area contributed by atoms with Crippen LogP contribution in [0.1, 0.15) is 19.8 Å². The first-order chi connectivity index (χ1) is 7.76. The van der Waals surface area contributed by atoms with Gasteiger partial charge in [-0.15, -0.1) is 0 Å². The smallest absolute Gasteiger partial charge is 0.221 e. The lowest BCUT2D eigenvalue weighted by Gasteiger charge is -2.24. The lowest BCUT2D eigenvalue weighted by Crippen LogP contribution is -2.44. The number of thioether (sulfide) groups is 2. The van der Waals surface area contributed by atoms with Gasteiger partial charge >= 0.3 is 0 Å². The summed E-state index contributed by atoms with van der Waals surface area (Å²) in [5, 5.41) is 6.49. The molecule has 1 saturated heterocycles. The molecule has 0 aromatic rings. The molecule has 1 rings (SSSR count). The number of rotatable bonds is 6. The average Bonchev–Trinajstić information content (AvgIpc) is 2.29. The molecule has 5 heteroatoms. The molecule has 3 nitrogen and oxygen atoms in total. The maximum absolute atomic E-state index is 11.8. The summed E-state index contributed by atoms with van der Waals surface area (Å²) in [6.07, 6.45) is 3.71. The number of amides is 1. The predicted octanol–water partition coefficient (Wildman–Crippen LogP) is 1.34. The molecule has 0 spiro atoms. The van der Waals surface area contributed by atoms with Crippen LogP contribution in [0.5, 0.6) is 0 Å². The van der Waals surface area contributed by atoms with Crippen molar-refractivity contribution in [3.8, 4) is 0 Å². The number of hydrogen-bond donors (Lipinski definition) is 2. The molecule has 2 N–H and O–H groups in total. The third-order valence-corrected chi connectivity index (χ3v) is 4.52. The fourth-order valence-corrected chi connectivity index (χ4v) is 3.39. The van der Waals surface area contributed by atoms with E-state index in [1.807, 2.05) is 11.8 Å². The molecular formula is C11H22N2OS2. The van der Waals surface area contributed by atoms with Crippen LogP contribution in [0.15, 0.2) is 0 Å². The van der Waals surface area contributed by atoms with Crippen LogP contribution in [0, 0.1) is 0 Å². The summed E-state index contributed by atoms with van der Waals surface area (Å²) in [6.45, 7) is 3.15. The summed E-state index contributed by atoms with van der Waals surface area (Å²) in [6, 6.07) is 0.698. The lowest BCUT2D eigenvalue weighted by molar-refractivity contribution is -0.122. The van der Waals surface area contributed by atoms with Gasteiger partial charge in [0, 0.05) is 42.3 Å². The lowest BCUT2D eigenvalue weighted by atomic mass is 10.2. The van der Waals surface area contributed by atoms with Crippen LogP contribution in [-0.4, -0.2) is 48.0 Å². The van der Waals surface area contributed by atoms with E-state index >= 15 is 0 Å². The van der Waals surface area contributed by atoms with E-state index in [1.165, 1.54) is 5.75 Å². The number of nitrogens with one attached hydrogen (secondary N) is 2. The van der Waals surface area contributed by atoms with E-state index in [0.29, 0.717) is 18.5 Å². The Morgan fingerprint density at radius 3 is 3.06 bits per heavy atom. The van der Waals surface area contributed by atoms with Crippen LogP contribution in [0.3, 0.4) is 0 Å². The Morgan fingerprint density at radius 1 is 1.69 bits per heavy atom. The summed E-state index contributed by atoms with van der Waals surface area (Å²) in [4.78, 5) is 11.8. The molecule has 1 aliphatic rings. The second-order valence-corrected chi connectivity index (χ2v) is 6.12. The maximum Gasteiger partial charge on any atom is 0.221 e. The minimum atomic E-state index is 0.195. The van der Waals surface area contributed by atoms with Crippen LogP contribution >= 0.6 is 23.5 Å². The first kappa shape index (κ1) is 14.2. The van der Waals surface area contributed by atoms with E-state index in [0.717, 1.165) is 24.5 Å². The summed E-state index contributed by atoms with van der Waals surface area (Å²) in [5.74, 6) is 3.44. The van der Waals surface area contributed by atoms with Gasteiger partial charge in [-0.2, -0.15) is 23.5 Å².